The van der Waals surface area contributed by atoms with Gasteiger partial charge in [-0.1, -0.05) is 29.4 Å². The van der Waals surface area contributed by atoms with Crippen LogP contribution in [-0.2, 0) is 12.8 Å². The number of hydrogen-bond acceptors (Lipinski definition) is 3. The van der Waals surface area contributed by atoms with Gasteiger partial charge in [0.25, 0.3) is 0 Å². The number of thiazole rings is 1. The number of azide groups is 1. The van der Waals surface area contributed by atoms with Crippen molar-refractivity contribution >= 4 is 39.0 Å². The van der Waals surface area contributed by atoms with Gasteiger partial charge in [0.15, 0.2) is 4.96 Å². The maximum atomic E-state index is 8.43. The molecule has 0 amide bonds. The lowest BCUT2D eigenvalue weighted by Crippen LogP contribution is -2.01. The Morgan fingerprint density at radius 3 is 2.73 bits per heavy atom. The number of halogens is 1. The number of imidazole rings is 1. The Balaban J connectivity index is 0.00000144. The van der Waals surface area contributed by atoms with E-state index < -0.39 is 0 Å². The molecular weight excluding hydrogens is 362 g/mol. The molecule has 0 atom stereocenters. The highest BCUT2D eigenvalue weighted by atomic mass is 79.9. The Hall–Kier alpha value is -1.82. The van der Waals surface area contributed by atoms with Crippen LogP contribution in [0.2, 0.25) is 0 Å². The summed E-state index contributed by atoms with van der Waals surface area (Å²) in [5, 5.41) is 3.59. The second kappa shape index (κ2) is 6.12. The third-order valence-corrected chi connectivity index (χ3v) is 5.05. The molecule has 1 aromatic carbocycles. The molecule has 2 aromatic heterocycles. The summed E-state index contributed by atoms with van der Waals surface area (Å²) in [6.45, 7) is 0. The molecule has 0 N–H and O–H groups in total. The quantitative estimate of drug-likeness (QED) is 0.333. The first kappa shape index (κ1) is 15.1. The van der Waals surface area contributed by atoms with Crippen LogP contribution in [0.15, 0.2) is 35.6 Å². The fraction of sp³-hybridized carbons (Fsp3) is 0.267. The van der Waals surface area contributed by atoms with Crippen molar-refractivity contribution in [3.8, 4) is 11.3 Å². The molecule has 0 bridgehead atoms. The van der Waals surface area contributed by atoms with Gasteiger partial charge in [0.1, 0.15) is 0 Å². The van der Waals surface area contributed by atoms with Crippen molar-refractivity contribution in [1.29, 1.82) is 0 Å². The van der Waals surface area contributed by atoms with E-state index >= 15 is 0 Å². The van der Waals surface area contributed by atoms with Gasteiger partial charge < -0.3 is 0 Å². The van der Waals surface area contributed by atoms with Gasteiger partial charge in [-0.3, -0.25) is 4.40 Å². The average Bonchev–Trinajstić information content (AvgIpc) is 3.06. The molecule has 7 heteroatoms. The second-order valence-electron chi connectivity index (χ2n) is 5.19. The van der Waals surface area contributed by atoms with Crippen LogP contribution in [0.4, 0.5) is 5.69 Å². The molecule has 22 heavy (non-hydrogen) atoms. The molecule has 1 aliphatic rings. The molecule has 0 fully saturated rings. The molecule has 0 spiro atoms. The topological polar surface area (TPSA) is 66.1 Å². The van der Waals surface area contributed by atoms with E-state index in [9.17, 15) is 0 Å². The molecule has 0 saturated heterocycles. The lowest BCUT2D eigenvalue weighted by molar-refractivity contribution is 0.674. The van der Waals surface area contributed by atoms with Crippen LogP contribution < -0.4 is 0 Å². The Morgan fingerprint density at radius 2 is 1.95 bits per heavy atom. The van der Waals surface area contributed by atoms with Gasteiger partial charge in [-0.2, -0.15) is 0 Å². The first-order chi connectivity index (χ1) is 10.3. The van der Waals surface area contributed by atoms with Crippen molar-refractivity contribution in [2.45, 2.75) is 25.7 Å². The van der Waals surface area contributed by atoms with Gasteiger partial charge in [-0.05, 0) is 31.2 Å². The van der Waals surface area contributed by atoms with E-state index in [0.717, 1.165) is 22.6 Å². The zero-order valence-electron chi connectivity index (χ0n) is 11.8. The third kappa shape index (κ3) is 2.52. The van der Waals surface area contributed by atoms with Crippen molar-refractivity contribution < 1.29 is 0 Å². The van der Waals surface area contributed by atoms with E-state index in [1.165, 1.54) is 29.8 Å². The average molecular weight is 376 g/mol. The maximum Gasteiger partial charge on any atom is 0.194 e. The summed E-state index contributed by atoms with van der Waals surface area (Å²) in [5.41, 5.74) is 12.5. The van der Waals surface area contributed by atoms with E-state index in [1.807, 2.05) is 35.6 Å². The molecule has 0 saturated carbocycles. The predicted molar refractivity (Wildman–Crippen MR) is 94.3 cm³/mol. The molecule has 0 radical (unpaired) electrons. The first-order valence-electron chi connectivity index (χ1n) is 7.00. The molecule has 5 nitrogen and oxygen atoms in total. The van der Waals surface area contributed by atoms with E-state index in [-0.39, 0.29) is 17.0 Å². The van der Waals surface area contributed by atoms with Crippen LogP contribution in [-0.4, -0.2) is 9.38 Å². The highest BCUT2D eigenvalue weighted by Gasteiger charge is 2.18. The van der Waals surface area contributed by atoms with Crippen molar-refractivity contribution in [1.82, 2.24) is 9.38 Å². The first-order valence-corrected chi connectivity index (χ1v) is 7.82. The highest BCUT2D eigenvalue weighted by molar-refractivity contribution is 8.93. The van der Waals surface area contributed by atoms with Crippen molar-refractivity contribution in [2.24, 2.45) is 5.11 Å². The molecule has 0 aliphatic heterocycles. The Morgan fingerprint density at radius 1 is 1.18 bits per heavy atom. The van der Waals surface area contributed by atoms with Crippen molar-refractivity contribution in [3.05, 3.63) is 51.5 Å². The third-order valence-electron chi connectivity index (χ3n) is 3.89. The number of hydrogen-bond donors (Lipinski definition) is 0. The second-order valence-corrected chi connectivity index (χ2v) is 6.26. The number of nitrogens with zero attached hydrogens (tertiary/aromatic N) is 5. The molecule has 0 unspecified atom stereocenters. The standard InChI is InChI=1S/C15H13N5S.BrH/c16-19-18-11-7-5-10(6-8-11)12-9-20-13-3-1-2-4-14(13)21-15(20)17-12;/h5-9H,1-4H2;1H. The van der Waals surface area contributed by atoms with Crippen molar-refractivity contribution in [3.63, 3.8) is 0 Å². The number of aromatic nitrogens is 2. The fourth-order valence-electron chi connectivity index (χ4n) is 2.85. The summed E-state index contributed by atoms with van der Waals surface area (Å²) in [4.78, 5) is 10.1. The number of rotatable bonds is 2. The summed E-state index contributed by atoms with van der Waals surface area (Å²) in [6.07, 6.45) is 7.04. The summed E-state index contributed by atoms with van der Waals surface area (Å²) < 4.78 is 2.25. The normalized spacial score (nSPS) is 13.3. The van der Waals surface area contributed by atoms with Gasteiger partial charge in [0.05, 0.1) is 5.69 Å². The fourth-order valence-corrected chi connectivity index (χ4v) is 4.05. The number of aryl methyl sites for hydroxylation is 2. The molecule has 112 valence electrons. The van der Waals surface area contributed by atoms with Gasteiger partial charge in [0, 0.05) is 32.9 Å². The SMILES string of the molecule is Br.[N-]=[N+]=Nc1ccc(-c2cn3c4c(sc3n2)CCCC4)cc1. The van der Waals surface area contributed by atoms with Gasteiger partial charge >= 0.3 is 0 Å². The lowest BCUT2D eigenvalue weighted by atomic mass is 10.0. The van der Waals surface area contributed by atoms with Crippen LogP contribution in [0.1, 0.15) is 23.4 Å². The van der Waals surface area contributed by atoms with E-state index in [0.29, 0.717) is 5.69 Å². The summed E-state index contributed by atoms with van der Waals surface area (Å²) in [7, 11) is 0. The summed E-state index contributed by atoms with van der Waals surface area (Å²) >= 11 is 1.81. The van der Waals surface area contributed by atoms with Crippen LogP contribution >= 0.6 is 28.3 Å². The van der Waals surface area contributed by atoms with Gasteiger partial charge in [0.2, 0.25) is 0 Å². The van der Waals surface area contributed by atoms with Crippen LogP contribution in [0.25, 0.3) is 26.7 Å². The van der Waals surface area contributed by atoms with E-state index in [1.54, 1.807) is 0 Å². The Kier molecular flexibility index (Phi) is 4.20. The molecule has 4 rings (SSSR count). The molecule has 2 heterocycles. The van der Waals surface area contributed by atoms with E-state index in [4.69, 9.17) is 10.5 Å². The zero-order chi connectivity index (χ0) is 14.2. The number of benzene rings is 1. The maximum absolute atomic E-state index is 8.43. The summed E-state index contributed by atoms with van der Waals surface area (Å²) in [6, 6.07) is 7.53. The van der Waals surface area contributed by atoms with Crippen molar-refractivity contribution in [2.75, 3.05) is 0 Å². The van der Waals surface area contributed by atoms with Crippen LogP contribution in [0, 0.1) is 0 Å². The zero-order valence-corrected chi connectivity index (χ0v) is 14.3. The minimum atomic E-state index is 0. The predicted octanol–water partition coefficient (Wildman–Crippen LogP) is 5.46. The minimum Gasteiger partial charge on any atom is -0.294 e. The Labute approximate surface area is 142 Å². The van der Waals surface area contributed by atoms with Gasteiger partial charge in [-0.25, -0.2) is 4.98 Å². The monoisotopic (exact) mass is 375 g/mol. The smallest absolute Gasteiger partial charge is 0.194 e. The molecule has 1 aliphatic carbocycles. The number of fused-ring (bicyclic) bond motifs is 3. The largest absolute Gasteiger partial charge is 0.294 e. The Bertz CT molecular complexity index is 858. The van der Waals surface area contributed by atoms with Crippen LogP contribution in [0.5, 0.6) is 0 Å². The van der Waals surface area contributed by atoms with E-state index in [2.05, 4.69) is 20.6 Å². The minimum absolute atomic E-state index is 0. The van der Waals surface area contributed by atoms with Gasteiger partial charge in [-0.15, -0.1) is 28.3 Å². The highest BCUT2D eigenvalue weighted by Crippen LogP contribution is 2.32. The molecule has 3 aromatic rings. The molecular formula is C15H14BrN5S. The summed E-state index contributed by atoms with van der Waals surface area (Å²) in [5.74, 6) is 0. The lowest BCUT2D eigenvalue weighted by Gasteiger charge is -2.09. The van der Waals surface area contributed by atoms with Crippen LogP contribution in [0.3, 0.4) is 0 Å².